The molecule has 106 valence electrons. The molecule has 0 radical (unpaired) electrons. The summed E-state index contributed by atoms with van der Waals surface area (Å²) < 4.78 is 7.25. The molecule has 0 aliphatic rings. The zero-order valence-electron chi connectivity index (χ0n) is 11.9. The maximum atomic E-state index is 5.46. The number of aryl methyl sites for hydroxylation is 1. The van der Waals surface area contributed by atoms with E-state index in [1.54, 1.807) is 18.0 Å². The van der Waals surface area contributed by atoms with Crippen molar-refractivity contribution >= 4 is 17.6 Å². The van der Waals surface area contributed by atoms with Crippen LogP contribution in [0.5, 0.6) is 0 Å². The van der Waals surface area contributed by atoms with Crippen LogP contribution in [0.4, 0.5) is 0 Å². The van der Waals surface area contributed by atoms with Crippen LogP contribution in [0.3, 0.4) is 0 Å². The van der Waals surface area contributed by atoms with E-state index in [4.69, 9.17) is 4.42 Å². The van der Waals surface area contributed by atoms with Gasteiger partial charge in [-0.2, -0.15) is 5.10 Å². The van der Waals surface area contributed by atoms with Gasteiger partial charge in [0.2, 0.25) is 4.80 Å². The van der Waals surface area contributed by atoms with Crippen molar-refractivity contribution in [2.75, 3.05) is 7.05 Å². The summed E-state index contributed by atoms with van der Waals surface area (Å²) in [4.78, 5) is 5.08. The fourth-order valence-corrected chi connectivity index (χ4v) is 2.72. The molecule has 0 aliphatic heterocycles. The Morgan fingerprint density at radius 2 is 2.00 bits per heavy atom. The molecule has 0 saturated heterocycles. The monoisotopic (exact) mass is 297 g/mol. The largest absolute Gasteiger partial charge is 0.463 e. The fourth-order valence-electron chi connectivity index (χ4n) is 1.93. The Morgan fingerprint density at radius 1 is 1.19 bits per heavy atom. The van der Waals surface area contributed by atoms with E-state index in [-0.39, 0.29) is 0 Å². The highest BCUT2D eigenvalue weighted by Gasteiger charge is 2.08. The van der Waals surface area contributed by atoms with Crippen molar-refractivity contribution in [3.63, 3.8) is 0 Å². The zero-order valence-corrected chi connectivity index (χ0v) is 12.7. The van der Waals surface area contributed by atoms with Crippen molar-refractivity contribution in [2.24, 2.45) is 10.1 Å². The number of furan rings is 1. The Kier molecular flexibility index (Phi) is 3.83. The van der Waals surface area contributed by atoms with Gasteiger partial charge in [0.25, 0.3) is 0 Å². The number of benzene rings is 1. The Morgan fingerprint density at radius 3 is 2.67 bits per heavy atom. The number of aromatic nitrogens is 1. The predicted octanol–water partition coefficient (Wildman–Crippen LogP) is 3.53. The average Bonchev–Trinajstić information content (AvgIpc) is 3.15. The summed E-state index contributed by atoms with van der Waals surface area (Å²) in [5.74, 6) is 0.780. The van der Waals surface area contributed by atoms with Crippen LogP contribution in [0, 0.1) is 6.92 Å². The van der Waals surface area contributed by atoms with Gasteiger partial charge in [-0.05, 0) is 24.6 Å². The first-order valence-corrected chi connectivity index (χ1v) is 7.44. The van der Waals surface area contributed by atoms with E-state index in [1.165, 1.54) is 16.9 Å². The van der Waals surface area contributed by atoms with E-state index in [1.807, 2.05) is 35.9 Å². The van der Waals surface area contributed by atoms with Crippen LogP contribution in [0.15, 0.2) is 62.6 Å². The molecule has 0 aliphatic carbocycles. The second-order valence-electron chi connectivity index (χ2n) is 4.57. The minimum Gasteiger partial charge on any atom is -0.463 e. The van der Waals surface area contributed by atoms with Crippen LogP contribution in [0.2, 0.25) is 0 Å². The molecule has 0 saturated carbocycles. The molecule has 5 heteroatoms. The van der Waals surface area contributed by atoms with E-state index in [0.29, 0.717) is 0 Å². The van der Waals surface area contributed by atoms with Crippen LogP contribution >= 0.6 is 11.3 Å². The van der Waals surface area contributed by atoms with Crippen LogP contribution in [-0.2, 0) is 0 Å². The summed E-state index contributed by atoms with van der Waals surface area (Å²) >= 11 is 1.53. The molecule has 4 nitrogen and oxygen atoms in total. The molecule has 0 spiro atoms. The van der Waals surface area contributed by atoms with Gasteiger partial charge in [-0.25, -0.2) is 4.68 Å². The summed E-state index contributed by atoms with van der Waals surface area (Å²) in [5, 5.41) is 6.53. The summed E-state index contributed by atoms with van der Waals surface area (Å²) in [5.41, 5.74) is 3.18. The second-order valence-corrected chi connectivity index (χ2v) is 5.41. The third-order valence-electron chi connectivity index (χ3n) is 3.05. The van der Waals surface area contributed by atoms with Gasteiger partial charge >= 0.3 is 0 Å². The molecule has 0 fully saturated rings. The van der Waals surface area contributed by atoms with E-state index in [9.17, 15) is 0 Å². The van der Waals surface area contributed by atoms with Crippen molar-refractivity contribution in [2.45, 2.75) is 6.92 Å². The molecule has 0 bridgehead atoms. The number of hydrogen-bond donors (Lipinski definition) is 0. The first kappa shape index (κ1) is 13.6. The molecular weight excluding hydrogens is 282 g/mol. The maximum Gasteiger partial charge on any atom is 0.206 e. The van der Waals surface area contributed by atoms with Gasteiger partial charge in [0.15, 0.2) is 5.76 Å². The number of rotatable bonds is 3. The lowest BCUT2D eigenvalue weighted by Crippen LogP contribution is -2.11. The minimum atomic E-state index is 0.780. The van der Waals surface area contributed by atoms with Crippen molar-refractivity contribution in [3.8, 4) is 11.5 Å². The van der Waals surface area contributed by atoms with Crippen molar-refractivity contribution in [1.82, 2.24) is 4.68 Å². The third kappa shape index (κ3) is 2.87. The third-order valence-corrected chi connectivity index (χ3v) is 3.96. The highest BCUT2D eigenvalue weighted by molar-refractivity contribution is 7.07. The van der Waals surface area contributed by atoms with Gasteiger partial charge in [0, 0.05) is 12.4 Å². The van der Waals surface area contributed by atoms with Gasteiger partial charge in [-0.1, -0.05) is 29.8 Å². The molecule has 0 atom stereocenters. The topological polar surface area (TPSA) is 42.8 Å². The lowest BCUT2D eigenvalue weighted by atomic mass is 10.2. The standard InChI is InChI=1S/C16H15N3OS/c1-12-5-7-13(8-6-12)10-18-19-14(11-21-16(19)17-2)15-4-3-9-20-15/h3-11H,1-2H3. The zero-order chi connectivity index (χ0) is 14.7. The first-order chi connectivity index (χ1) is 10.3. The summed E-state index contributed by atoms with van der Waals surface area (Å²) in [6.45, 7) is 2.07. The molecule has 2 aromatic heterocycles. The van der Waals surface area contributed by atoms with Crippen molar-refractivity contribution in [1.29, 1.82) is 0 Å². The van der Waals surface area contributed by atoms with Crippen LogP contribution in [0.25, 0.3) is 11.5 Å². The normalized spacial score (nSPS) is 12.4. The molecule has 3 aromatic rings. The fraction of sp³-hybridized carbons (Fsp3) is 0.125. The van der Waals surface area contributed by atoms with E-state index in [0.717, 1.165) is 21.8 Å². The Bertz CT molecular complexity index is 808. The molecule has 21 heavy (non-hydrogen) atoms. The van der Waals surface area contributed by atoms with E-state index >= 15 is 0 Å². The number of thiazole rings is 1. The molecule has 0 unspecified atom stereocenters. The predicted molar refractivity (Wildman–Crippen MR) is 85.7 cm³/mol. The van der Waals surface area contributed by atoms with Gasteiger partial charge in [-0.15, -0.1) is 11.3 Å². The van der Waals surface area contributed by atoms with Gasteiger partial charge in [-0.3, -0.25) is 4.99 Å². The quantitative estimate of drug-likeness (QED) is 0.682. The lowest BCUT2D eigenvalue weighted by molar-refractivity contribution is 0.575. The summed E-state index contributed by atoms with van der Waals surface area (Å²) in [6, 6.07) is 12.0. The SMILES string of the molecule is CN=c1scc(-c2ccco2)n1N=Cc1ccc(C)cc1. The lowest BCUT2D eigenvalue weighted by Gasteiger charge is -2.00. The van der Waals surface area contributed by atoms with Gasteiger partial charge in [0.1, 0.15) is 5.69 Å². The minimum absolute atomic E-state index is 0.780. The van der Waals surface area contributed by atoms with Crippen LogP contribution in [-0.4, -0.2) is 17.9 Å². The molecule has 1 aromatic carbocycles. The smallest absolute Gasteiger partial charge is 0.206 e. The van der Waals surface area contributed by atoms with Gasteiger partial charge in [0.05, 0.1) is 12.5 Å². The first-order valence-electron chi connectivity index (χ1n) is 6.56. The van der Waals surface area contributed by atoms with Crippen molar-refractivity contribution in [3.05, 3.63) is 64.0 Å². The molecule has 0 N–H and O–H groups in total. The second kappa shape index (κ2) is 5.93. The highest BCUT2D eigenvalue weighted by atomic mass is 32.1. The summed E-state index contributed by atoms with van der Waals surface area (Å²) in [6.07, 6.45) is 3.48. The van der Waals surface area contributed by atoms with Gasteiger partial charge < -0.3 is 4.42 Å². The van der Waals surface area contributed by atoms with E-state index < -0.39 is 0 Å². The molecule has 3 rings (SSSR count). The maximum absolute atomic E-state index is 5.46. The number of nitrogens with zero attached hydrogens (tertiary/aromatic N) is 3. The van der Waals surface area contributed by atoms with Crippen LogP contribution < -0.4 is 4.80 Å². The molecular formula is C16H15N3OS. The average molecular weight is 297 g/mol. The van der Waals surface area contributed by atoms with E-state index in [2.05, 4.69) is 29.2 Å². The van der Waals surface area contributed by atoms with Crippen LogP contribution in [0.1, 0.15) is 11.1 Å². The Balaban J connectivity index is 2.01. The summed E-state index contributed by atoms with van der Waals surface area (Å²) in [7, 11) is 1.76. The molecule has 2 heterocycles. The van der Waals surface area contributed by atoms with Crippen molar-refractivity contribution < 1.29 is 4.42 Å². The molecule has 0 amide bonds. The Hall–Kier alpha value is -2.40. The number of hydrogen-bond acceptors (Lipinski definition) is 4. The highest BCUT2D eigenvalue weighted by Crippen LogP contribution is 2.20. The Labute approximate surface area is 126 Å².